The first kappa shape index (κ1) is 19.7. The number of aryl methyl sites for hydroxylation is 1. The molecule has 0 heterocycles. The Morgan fingerprint density at radius 2 is 1.28 bits per heavy atom. The zero-order chi connectivity index (χ0) is 18.9. The topological polar surface area (TPSA) is 9.72 Å². The molecular weight excluding hydrogens is 442 g/mol. The molecule has 3 nitrogen and oxygen atoms in total. The van der Waals surface area contributed by atoms with Crippen LogP contribution in [0.1, 0.15) is 11.1 Å². The molecule has 2 rings (SSSR count). The van der Waals surface area contributed by atoms with Gasteiger partial charge in [0.05, 0.1) is 39.8 Å². The van der Waals surface area contributed by atoms with Crippen molar-refractivity contribution in [1.82, 2.24) is 0 Å². The average Bonchev–Trinajstić information content (AvgIpc) is 2.52. The predicted molar refractivity (Wildman–Crippen MR) is 107 cm³/mol. The van der Waals surface area contributed by atoms with Crippen LogP contribution in [-0.4, -0.2) is 28.2 Å². The average molecular weight is 463 g/mol. The zero-order valence-corrected chi connectivity index (χ0v) is 17.0. The van der Waals surface area contributed by atoms with E-state index >= 15 is 0 Å². The van der Waals surface area contributed by atoms with E-state index in [2.05, 4.69) is 0 Å². The van der Waals surface area contributed by atoms with E-state index in [0.717, 1.165) is 16.9 Å². The summed E-state index contributed by atoms with van der Waals surface area (Å²) in [5, 5.41) is 0. The molecule has 2 aromatic carbocycles. The molecule has 0 aliphatic carbocycles. The van der Waals surface area contributed by atoms with Gasteiger partial charge in [0, 0.05) is 39.6 Å². The van der Waals surface area contributed by atoms with Crippen molar-refractivity contribution < 1.29 is 13.2 Å². The molecule has 0 aromatic heterocycles. The quantitative estimate of drug-likeness (QED) is 0.430. The predicted octanol–water partition coefficient (Wildman–Crippen LogP) is 5.63. The summed E-state index contributed by atoms with van der Waals surface area (Å²) in [4.78, 5) is 3.48. The molecule has 0 aliphatic heterocycles. The smallest absolute Gasteiger partial charge is 0.377 e. The summed E-state index contributed by atoms with van der Waals surface area (Å²) in [7, 11) is 7.13. The van der Waals surface area contributed by atoms with E-state index in [9.17, 15) is 13.2 Å². The lowest BCUT2D eigenvalue weighted by Gasteiger charge is -2.24. The molecule has 7 heteroatoms. The maximum Gasteiger partial charge on any atom is 0.418 e. The van der Waals surface area contributed by atoms with Gasteiger partial charge in [0.25, 0.3) is 0 Å². The third kappa shape index (κ3) is 4.31. The number of nitrogens with zero attached hydrogens (tertiary/aromatic N) is 3. The van der Waals surface area contributed by atoms with E-state index < -0.39 is 11.7 Å². The van der Waals surface area contributed by atoms with Gasteiger partial charge in [-0.2, -0.15) is 13.2 Å². The van der Waals surface area contributed by atoms with E-state index in [1.807, 2.05) is 67.0 Å². The zero-order valence-electron chi connectivity index (χ0n) is 14.8. The SMILES string of the molecule is Cc1cc(N(I)c2ccc(N(C)C)c(C(F)(F)F)c2)ccc1N(C)C. The van der Waals surface area contributed by atoms with Crippen LogP contribution in [0.4, 0.5) is 35.9 Å². The summed E-state index contributed by atoms with van der Waals surface area (Å²) in [5.41, 5.74) is 2.96. The Balaban J connectivity index is 2.46. The normalized spacial score (nSPS) is 11.4. The fourth-order valence-corrected chi connectivity index (χ4v) is 3.28. The van der Waals surface area contributed by atoms with Gasteiger partial charge in [0.2, 0.25) is 0 Å². The second-order valence-corrected chi connectivity index (χ2v) is 7.20. The van der Waals surface area contributed by atoms with Crippen LogP contribution in [0.25, 0.3) is 0 Å². The number of benzene rings is 2. The number of rotatable bonds is 4. The highest BCUT2D eigenvalue weighted by atomic mass is 127. The minimum absolute atomic E-state index is 0.153. The van der Waals surface area contributed by atoms with Crippen LogP contribution in [0, 0.1) is 6.92 Å². The van der Waals surface area contributed by atoms with Gasteiger partial charge < -0.3 is 9.80 Å². The van der Waals surface area contributed by atoms with Gasteiger partial charge in [0.1, 0.15) is 0 Å². The fraction of sp³-hybridized carbons (Fsp3) is 0.333. The Bertz CT molecular complexity index is 758. The van der Waals surface area contributed by atoms with Gasteiger partial charge in [0.15, 0.2) is 0 Å². The third-order valence-corrected chi connectivity index (χ3v) is 5.00. The van der Waals surface area contributed by atoms with Crippen LogP contribution in [0.3, 0.4) is 0 Å². The monoisotopic (exact) mass is 463 g/mol. The molecule has 0 aliphatic rings. The van der Waals surface area contributed by atoms with Crippen molar-refractivity contribution in [3.63, 3.8) is 0 Å². The molecule has 2 aromatic rings. The van der Waals surface area contributed by atoms with Crippen molar-refractivity contribution in [2.24, 2.45) is 0 Å². The largest absolute Gasteiger partial charge is 0.418 e. The molecule has 0 bridgehead atoms. The molecule has 136 valence electrons. The Morgan fingerprint density at radius 3 is 1.72 bits per heavy atom. The number of hydrogen-bond donors (Lipinski definition) is 0. The second-order valence-electron chi connectivity index (χ2n) is 6.24. The van der Waals surface area contributed by atoms with Gasteiger partial charge >= 0.3 is 6.18 Å². The van der Waals surface area contributed by atoms with Crippen molar-refractivity contribution >= 4 is 45.6 Å². The van der Waals surface area contributed by atoms with Gasteiger partial charge in [-0.1, -0.05) is 0 Å². The van der Waals surface area contributed by atoms with Crippen LogP contribution in [0.5, 0.6) is 0 Å². The molecular formula is C18H21F3IN3. The standard InChI is InChI=1S/C18H21F3IN3/c1-12-10-13(6-8-16(12)23(2)3)25(22)14-7-9-17(24(4)5)15(11-14)18(19,20)21/h6-11H,1-5H3. The highest BCUT2D eigenvalue weighted by molar-refractivity contribution is 14.1. The fourth-order valence-electron chi connectivity index (χ4n) is 2.68. The van der Waals surface area contributed by atoms with E-state index in [1.165, 1.54) is 17.0 Å². The highest BCUT2D eigenvalue weighted by Crippen LogP contribution is 2.41. The van der Waals surface area contributed by atoms with Crippen LogP contribution < -0.4 is 12.9 Å². The Kier molecular flexibility index (Phi) is 5.75. The van der Waals surface area contributed by atoms with E-state index in [-0.39, 0.29) is 5.69 Å². The van der Waals surface area contributed by atoms with Crippen LogP contribution in [-0.2, 0) is 6.18 Å². The second kappa shape index (κ2) is 7.31. The number of hydrogen-bond acceptors (Lipinski definition) is 3. The summed E-state index contributed by atoms with van der Waals surface area (Å²) in [6, 6.07) is 10.2. The highest BCUT2D eigenvalue weighted by Gasteiger charge is 2.34. The van der Waals surface area contributed by atoms with Crippen molar-refractivity contribution in [3.8, 4) is 0 Å². The van der Waals surface area contributed by atoms with Crippen LogP contribution in [0.2, 0.25) is 0 Å². The summed E-state index contributed by atoms with van der Waals surface area (Å²) >= 11 is 2.03. The van der Waals surface area contributed by atoms with Crippen molar-refractivity contribution in [2.75, 3.05) is 41.1 Å². The Morgan fingerprint density at radius 1 is 0.800 bits per heavy atom. The molecule has 0 spiro atoms. The van der Waals surface area contributed by atoms with Crippen molar-refractivity contribution in [1.29, 1.82) is 0 Å². The first-order valence-corrected chi connectivity index (χ1v) is 8.61. The molecule has 0 N–H and O–H groups in total. The van der Waals surface area contributed by atoms with E-state index in [4.69, 9.17) is 0 Å². The molecule has 0 atom stereocenters. The minimum Gasteiger partial charge on any atom is -0.377 e. The Labute approximate surface area is 160 Å². The molecule has 0 fully saturated rings. The molecule has 0 saturated carbocycles. The van der Waals surface area contributed by atoms with Crippen molar-refractivity contribution in [2.45, 2.75) is 13.1 Å². The summed E-state index contributed by atoms with van der Waals surface area (Å²) < 4.78 is 42.0. The van der Waals surface area contributed by atoms with Crippen LogP contribution in [0.15, 0.2) is 36.4 Å². The summed E-state index contributed by atoms with van der Waals surface area (Å²) in [6.45, 7) is 1.99. The summed E-state index contributed by atoms with van der Waals surface area (Å²) in [5.74, 6) is 0. The van der Waals surface area contributed by atoms with Crippen LogP contribution >= 0.6 is 22.9 Å². The van der Waals surface area contributed by atoms with E-state index in [1.54, 1.807) is 23.3 Å². The number of halogens is 4. The summed E-state index contributed by atoms with van der Waals surface area (Å²) in [6.07, 6.45) is -4.40. The lowest BCUT2D eigenvalue weighted by atomic mass is 10.1. The number of alkyl halides is 3. The Hall–Kier alpha value is -1.64. The number of anilines is 4. The molecule has 0 radical (unpaired) electrons. The maximum absolute atomic E-state index is 13.4. The minimum atomic E-state index is -4.40. The van der Waals surface area contributed by atoms with Gasteiger partial charge in [-0.05, 0) is 48.9 Å². The first-order chi connectivity index (χ1) is 11.5. The lowest BCUT2D eigenvalue weighted by molar-refractivity contribution is -0.137. The third-order valence-electron chi connectivity index (χ3n) is 3.88. The van der Waals surface area contributed by atoms with Gasteiger partial charge in [-0.15, -0.1) is 0 Å². The maximum atomic E-state index is 13.4. The van der Waals surface area contributed by atoms with E-state index in [0.29, 0.717) is 5.69 Å². The molecule has 25 heavy (non-hydrogen) atoms. The van der Waals surface area contributed by atoms with Gasteiger partial charge in [-0.25, -0.2) is 0 Å². The van der Waals surface area contributed by atoms with Crippen molar-refractivity contribution in [3.05, 3.63) is 47.5 Å². The van der Waals surface area contributed by atoms with Gasteiger partial charge in [-0.3, -0.25) is 3.11 Å². The molecule has 0 amide bonds. The first-order valence-electron chi connectivity index (χ1n) is 7.65. The molecule has 0 unspecified atom stereocenters. The molecule has 0 saturated heterocycles. The lowest BCUT2D eigenvalue weighted by Crippen LogP contribution is -2.17.